The van der Waals surface area contributed by atoms with E-state index in [4.69, 9.17) is 4.74 Å². The maximum Gasteiger partial charge on any atom is 0.305 e. The quantitative estimate of drug-likeness (QED) is 0.0320. The number of aliphatic hydroxyl groups is 2. The lowest BCUT2D eigenvalue weighted by atomic mass is 10.0. The van der Waals surface area contributed by atoms with Crippen molar-refractivity contribution in [3.05, 3.63) is 48.6 Å². The first-order chi connectivity index (χ1) is 37.5. The van der Waals surface area contributed by atoms with Crippen LogP contribution in [0.25, 0.3) is 0 Å². The Morgan fingerprint density at radius 2 is 0.658 bits per heavy atom. The molecule has 0 aliphatic carbocycles. The summed E-state index contributed by atoms with van der Waals surface area (Å²) in [7, 11) is 0. The van der Waals surface area contributed by atoms with Crippen LogP contribution in [0, 0.1) is 0 Å². The molecule has 3 N–H and O–H groups in total. The van der Waals surface area contributed by atoms with Gasteiger partial charge >= 0.3 is 5.97 Å². The second-order valence-electron chi connectivity index (χ2n) is 23.1. The summed E-state index contributed by atoms with van der Waals surface area (Å²) >= 11 is 0. The molecule has 0 aliphatic rings. The van der Waals surface area contributed by atoms with Crippen molar-refractivity contribution in [2.24, 2.45) is 0 Å². The zero-order valence-corrected chi connectivity index (χ0v) is 51.0. The lowest BCUT2D eigenvalue weighted by Gasteiger charge is -2.20. The van der Waals surface area contributed by atoms with E-state index in [-0.39, 0.29) is 18.5 Å². The van der Waals surface area contributed by atoms with Crippen LogP contribution in [0.4, 0.5) is 0 Å². The van der Waals surface area contributed by atoms with Gasteiger partial charge in [-0.1, -0.05) is 306 Å². The highest BCUT2D eigenvalue weighted by atomic mass is 16.5. The molecule has 2 atom stereocenters. The molecule has 0 bridgehead atoms. The Morgan fingerprint density at radius 3 is 1.04 bits per heavy atom. The number of aliphatic hydroxyl groups excluding tert-OH is 2. The third-order valence-corrected chi connectivity index (χ3v) is 15.6. The van der Waals surface area contributed by atoms with E-state index in [1.165, 1.54) is 283 Å². The zero-order valence-electron chi connectivity index (χ0n) is 51.0. The summed E-state index contributed by atoms with van der Waals surface area (Å²) in [5.41, 5.74) is 0. The smallest absolute Gasteiger partial charge is 0.305 e. The molecule has 0 saturated heterocycles. The molecule has 1 amide bonds. The molecule has 0 aromatic rings. The van der Waals surface area contributed by atoms with Crippen LogP contribution in [0.2, 0.25) is 0 Å². The van der Waals surface area contributed by atoms with E-state index in [1.807, 2.05) is 6.08 Å². The molecular formula is C70H131NO5. The molecule has 76 heavy (non-hydrogen) atoms. The molecule has 0 saturated carbocycles. The molecule has 6 heteroatoms. The van der Waals surface area contributed by atoms with E-state index in [0.29, 0.717) is 19.4 Å². The summed E-state index contributed by atoms with van der Waals surface area (Å²) < 4.78 is 5.50. The number of esters is 1. The minimum absolute atomic E-state index is 0.0129. The van der Waals surface area contributed by atoms with E-state index in [1.54, 1.807) is 6.08 Å². The van der Waals surface area contributed by atoms with Crippen LogP contribution in [0.15, 0.2) is 48.6 Å². The maximum atomic E-state index is 12.4. The van der Waals surface area contributed by atoms with E-state index in [9.17, 15) is 19.8 Å². The number of carbonyl (C=O) groups excluding carboxylic acids is 2. The fourth-order valence-corrected chi connectivity index (χ4v) is 10.4. The van der Waals surface area contributed by atoms with Crippen molar-refractivity contribution in [3.63, 3.8) is 0 Å². The van der Waals surface area contributed by atoms with Crippen molar-refractivity contribution in [2.75, 3.05) is 13.2 Å². The summed E-state index contributed by atoms with van der Waals surface area (Å²) in [4.78, 5) is 24.5. The van der Waals surface area contributed by atoms with Crippen molar-refractivity contribution in [1.29, 1.82) is 0 Å². The van der Waals surface area contributed by atoms with Crippen LogP contribution in [-0.4, -0.2) is 47.4 Å². The van der Waals surface area contributed by atoms with Crippen molar-refractivity contribution < 1.29 is 24.5 Å². The van der Waals surface area contributed by atoms with Gasteiger partial charge in [-0.05, 0) is 89.9 Å². The Balaban J connectivity index is 3.35. The van der Waals surface area contributed by atoms with Gasteiger partial charge in [-0.3, -0.25) is 9.59 Å². The Bertz CT molecular complexity index is 1270. The number of hydrogen-bond donors (Lipinski definition) is 3. The first-order valence-electron chi connectivity index (χ1n) is 33.9. The number of hydrogen-bond acceptors (Lipinski definition) is 5. The highest BCUT2D eigenvalue weighted by Gasteiger charge is 2.18. The van der Waals surface area contributed by atoms with Crippen LogP contribution in [0.3, 0.4) is 0 Å². The fourth-order valence-electron chi connectivity index (χ4n) is 10.4. The van der Waals surface area contributed by atoms with Gasteiger partial charge in [0.15, 0.2) is 0 Å². The minimum Gasteiger partial charge on any atom is -0.466 e. The number of allylic oxidation sites excluding steroid dienone is 7. The van der Waals surface area contributed by atoms with Crippen molar-refractivity contribution in [3.8, 4) is 0 Å². The predicted molar refractivity (Wildman–Crippen MR) is 333 cm³/mol. The highest BCUT2D eigenvalue weighted by molar-refractivity contribution is 5.76. The van der Waals surface area contributed by atoms with E-state index in [2.05, 4.69) is 55.6 Å². The van der Waals surface area contributed by atoms with Gasteiger partial charge in [0.05, 0.1) is 25.4 Å². The van der Waals surface area contributed by atoms with Crippen molar-refractivity contribution in [1.82, 2.24) is 5.32 Å². The standard InChI is InChI=1S/C70H131NO5/c1-3-5-7-9-11-13-15-16-17-18-31-35-38-41-44-48-52-56-60-64-70(75)76-65-61-57-53-49-45-42-39-36-33-30-28-26-24-22-20-19-21-23-25-27-29-32-34-37-40-43-47-51-55-59-63-69(74)71-67(66-72)68(73)62-58-54-50-46-14-12-10-8-6-4-2/h11,13,16-17,20,22,58,62,67-68,72-73H,3-10,12,14-15,18-19,21,23-57,59-61,63-66H2,1-2H3,(H,71,74)/b13-11-,17-16-,22-20-,62-58+. The van der Waals surface area contributed by atoms with Crippen LogP contribution in [-0.2, 0) is 14.3 Å². The molecule has 0 rings (SSSR count). The SMILES string of the molecule is CCCCC/C=C\C/C=C\CCCCCCCCCCCC(=O)OCCCCCCCCCCCCCC/C=C\CCCCCCCCCCCCCCCCC(=O)NC(CO)C(O)/C=C/CCCCCCCCCC. The van der Waals surface area contributed by atoms with Gasteiger partial charge in [0.2, 0.25) is 5.91 Å². The van der Waals surface area contributed by atoms with Gasteiger partial charge in [-0.25, -0.2) is 0 Å². The van der Waals surface area contributed by atoms with Crippen molar-refractivity contribution in [2.45, 2.75) is 373 Å². The number of amides is 1. The molecule has 0 aromatic heterocycles. The Hall–Kier alpha value is -2.18. The van der Waals surface area contributed by atoms with Gasteiger partial charge in [0.1, 0.15) is 0 Å². The van der Waals surface area contributed by atoms with E-state index < -0.39 is 12.1 Å². The van der Waals surface area contributed by atoms with Crippen LogP contribution in [0.5, 0.6) is 0 Å². The molecule has 0 aromatic carbocycles. The van der Waals surface area contributed by atoms with Crippen LogP contribution >= 0.6 is 0 Å². The molecule has 0 radical (unpaired) electrons. The van der Waals surface area contributed by atoms with Crippen LogP contribution in [0.1, 0.15) is 361 Å². The monoisotopic (exact) mass is 1070 g/mol. The topological polar surface area (TPSA) is 95.9 Å². The summed E-state index contributed by atoms with van der Waals surface area (Å²) in [6.45, 7) is 4.87. The van der Waals surface area contributed by atoms with E-state index in [0.717, 1.165) is 51.4 Å². The molecule has 6 nitrogen and oxygen atoms in total. The molecule has 0 spiro atoms. The van der Waals surface area contributed by atoms with Gasteiger partial charge in [-0.15, -0.1) is 0 Å². The second-order valence-corrected chi connectivity index (χ2v) is 23.1. The fraction of sp³-hybridized carbons (Fsp3) is 0.857. The van der Waals surface area contributed by atoms with Gasteiger partial charge in [0, 0.05) is 12.8 Å². The van der Waals surface area contributed by atoms with Crippen molar-refractivity contribution >= 4 is 11.9 Å². The average molecular weight is 1070 g/mol. The number of unbranched alkanes of at least 4 members (excludes halogenated alkanes) is 46. The third kappa shape index (κ3) is 61.0. The third-order valence-electron chi connectivity index (χ3n) is 15.6. The number of ether oxygens (including phenoxy) is 1. The van der Waals surface area contributed by atoms with Gasteiger partial charge < -0.3 is 20.3 Å². The lowest BCUT2D eigenvalue weighted by Crippen LogP contribution is -2.45. The number of rotatable bonds is 63. The number of carbonyl (C=O) groups is 2. The zero-order chi connectivity index (χ0) is 55.0. The summed E-state index contributed by atoms with van der Waals surface area (Å²) in [6.07, 6.45) is 84.8. The molecule has 0 aliphatic heterocycles. The normalized spacial score (nSPS) is 12.8. The first-order valence-corrected chi connectivity index (χ1v) is 33.9. The van der Waals surface area contributed by atoms with E-state index >= 15 is 0 Å². The molecule has 0 heterocycles. The predicted octanol–water partition coefficient (Wildman–Crippen LogP) is 21.7. The molecule has 0 fully saturated rings. The summed E-state index contributed by atoms with van der Waals surface area (Å²) in [5, 5.41) is 23.0. The Labute approximate surface area is 474 Å². The molecule has 446 valence electrons. The molecule has 2 unspecified atom stereocenters. The first kappa shape index (κ1) is 73.8. The summed E-state index contributed by atoms with van der Waals surface area (Å²) in [6, 6.07) is -0.625. The highest BCUT2D eigenvalue weighted by Crippen LogP contribution is 2.17. The second kappa shape index (κ2) is 65.3. The average Bonchev–Trinajstić information content (AvgIpc) is 3.42. The minimum atomic E-state index is -0.842. The maximum absolute atomic E-state index is 12.4. The van der Waals surface area contributed by atoms with Gasteiger partial charge in [-0.2, -0.15) is 0 Å². The Morgan fingerprint density at radius 1 is 0.368 bits per heavy atom. The van der Waals surface area contributed by atoms with Gasteiger partial charge in [0.25, 0.3) is 0 Å². The van der Waals surface area contributed by atoms with Crippen LogP contribution < -0.4 is 5.32 Å². The lowest BCUT2D eigenvalue weighted by molar-refractivity contribution is -0.143. The largest absolute Gasteiger partial charge is 0.466 e. The molecular weight excluding hydrogens is 935 g/mol. The summed E-state index contributed by atoms with van der Waals surface area (Å²) in [5.74, 6) is -0.0549. The Kier molecular flexibility index (Phi) is 63.5. The number of nitrogens with one attached hydrogen (secondary N) is 1.